The van der Waals surface area contributed by atoms with Gasteiger partial charge in [0.25, 0.3) is 0 Å². The van der Waals surface area contributed by atoms with Crippen molar-refractivity contribution in [3.05, 3.63) is 35.9 Å². The number of hydrogen-bond donors (Lipinski definition) is 2. The lowest BCUT2D eigenvalue weighted by Crippen LogP contribution is -2.32. The molecule has 1 unspecified atom stereocenters. The van der Waals surface area contributed by atoms with Crippen LogP contribution >= 0.6 is 0 Å². The van der Waals surface area contributed by atoms with E-state index in [0.717, 1.165) is 18.9 Å². The summed E-state index contributed by atoms with van der Waals surface area (Å²) >= 11 is 0. The molecule has 0 heterocycles. The Hall–Kier alpha value is -1.35. The predicted octanol–water partition coefficient (Wildman–Crippen LogP) is 3.42. The summed E-state index contributed by atoms with van der Waals surface area (Å²) in [4.78, 5) is 12.1. The monoisotopic (exact) mass is 288 g/mol. The molecule has 1 fully saturated rings. The van der Waals surface area contributed by atoms with Crippen molar-refractivity contribution < 1.29 is 4.79 Å². The maximum Gasteiger partial charge on any atom is 0.221 e. The Morgan fingerprint density at radius 3 is 2.57 bits per heavy atom. The minimum atomic E-state index is 0.147. The van der Waals surface area contributed by atoms with E-state index in [-0.39, 0.29) is 11.9 Å². The minimum absolute atomic E-state index is 0.147. The Balaban J connectivity index is 1.97. The van der Waals surface area contributed by atoms with E-state index in [1.54, 1.807) is 0 Å². The van der Waals surface area contributed by atoms with Crippen molar-refractivity contribution in [2.75, 3.05) is 13.6 Å². The van der Waals surface area contributed by atoms with Crippen LogP contribution in [0.1, 0.15) is 56.6 Å². The molecule has 21 heavy (non-hydrogen) atoms. The van der Waals surface area contributed by atoms with E-state index < -0.39 is 0 Å². The standard InChI is InChI=1S/C18H28N2O/c1-19-13-12-18(21)20-17(16-10-6-3-7-11-16)14-15-8-4-2-5-9-15/h3,6-7,10-11,15,17,19H,2,4-5,8-9,12-14H2,1H3,(H,20,21). The summed E-state index contributed by atoms with van der Waals surface area (Å²) in [5.41, 5.74) is 1.24. The van der Waals surface area contributed by atoms with Gasteiger partial charge in [0.2, 0.25) is 5.91 Å². The number of hydrogen-bond acceptors (Lipinski definition) is 2. The fourth-order valence-electron chi connectivity index (χ4n) is 3.22. The normalized spacial score (nSPS) is 17.4. The first kappa shape index (κ1) is 16.0. The third-order valence-corrected chi connectivity index (χ3v) is 4.43. The summed E-state index contributed by atoms with van der Waals surface area (Å²) in [6.45, 7) is 0.733. The van der Waals surface area contributed by atoms with Gasteiger partial charge in [0.05, 0.1) is 6.04 Å². The Bertz CT molecular complexity index is 412. The number of carbonyl (C=O) groups is 1. The van der Waals surface area contributed by atoms with Gasteiger partial charge in [-0.3, -0.25) is 4.79 Å². The molecule has 1 aliphatic rings. The average molecular weight is 288 g/mol. The van der Waals surface area contributed by atoms with E-state index >= 15 is 0 Å². The Labute approximate surface area is 128 Å². The van der Waals surface area contributed by atoms with Crippen LogP contribution in [0.5, 0.6) is 0 Å². The molecule has 0 radical (unpaired) electrons. The van der Waals surface area contributed by atoms with Crippen LogP contribution in [0.3, 0.4) is 0 Å². The van der Waals surface area contributed by atoms with Gasteiger partial charge in [0, 0.05) is 13.0 Å². The maximum atomic E-state index is 12.1. The SMILES string of the molecule is CNCCC(=O)NC(CC1CCCCC1)c1ccccc1. The quantitative estimate of drug-likeness (QED) is 0.807. The van der Waals surface area contributed by atoms with Crippen molar-refractivity contribution in [1.29, 1.82) is 0 Å². The highest BCUT2D eigenvalue weighted by Gasteiger charge is 2.21. The van der Waals surface area contributed by atoms with Crippen LogP contribution in [0.25, 0.3) is 0 Å². The number of carbonyl (C=O) groups excluding carboxylic acids is 1. The fraction of sp³-hybridized carbons (Fsp3) is 0.611. The number of benzene rings is 1. The van der Waals surface area contributed by atoms with E-state index in [2.05, 4.69) is 34.9 Å². The molecule has 2 N–H and O–H groups in total. The first-order valence-electron chi connectivity index (χ1n) is 8.28. The van der Waals surface area contributed by atoms with Crippen LogP contribution in [0, 0.1) is 5.92 Å². The van der Waals surface area contributed by atoms with Crippen molar-refractivity contribution in [3.8, 4) is 0 Å². The summed E-state index contributed by atoms with van der Waals surface area (Å²) in [5.74, 6) is 0.905. The van der Waals surface area contributed by atoms with Crippen LogP contribution in [-0.2, 0) is 4.79 Å². The maximum absolute atomic E-state index is 12.1. The molecule has 0 saturated heterocycles. The molecule has 1 saturated carbocycles. The highest BCUT2D eigenvalue weighted by Crippen LogP contribution is 2.31. The van der Waals surface area contributed by atoms with Gasteiger partial charge in [0.1, 0.15) is 0 Å². The molecule has 3 heteroatoms. The van der Waals surface area contributed by atoms with Crippen LogP contribution in [0.2, 0.25) is 0 Å². The largest absolute Gasteiger partial charge is 0.349 e. The lowest BCUT2D eigenvalue weighted by molar-refractivity contribution is -0.121. The van der Waals surface area contributed by atoms with Crippen LogP contribution in [0.4, 0.5) is 0 Å². The van der Waals surface area contributed by atoms with Gasteiger partial charge in [-0.2, -0.15) is 0 Å². The second-order valence-corrected chi connectivity index (χ2v) is 6.12. The van der Waals surface area contributed by atoms with Crippen molar-refractivity contribution in [1.82, 2.24) is 10.6 Å². The van der Waals surface area contributed by atoms with Crippen molar-refractivity contribution in [2.45, 2.75) is 51.0 Å². The molecule has 1 aromatic rings. The summed E-state index contributed by atoms with van der Waals surface area (Å²) in [7, 11) is 1.88. The second-order valence-electron chi connectivity index (χ2n) is 6.12. The highest BCUT2D eigenvalue weighted by molar-refractivity contribution is 5.76. The molecule has 1 aromatic carbocycles. The van der Waals surface area contributed by atoms with Gasteiger partial charge >= 0.3 is 0 Å². The van der Waals surface area contributed by atoms with Gasteiger partial charge < -0.3 is 10.6 Å². The predicted molar refractivity (Wildman–Crippen MR) is 87.1 cm³/mol. The summed E-state index contributed by atoms with van der Waals surface area (Å²) in [6, 6.07) is 10.6. The summed E-state index contributed by atoms with van der Waals surface area (Å²) in [6.07, 6.45) is 8.33. The van der Waals surface area contributed by atoms with Crippen LogP contribution < -0.4 is 10.6 Å². The van der Waals surface area contributed by atoms with Crippen LogP contribution in [-0.4, -0.2) is 19.5 Å². The number of rotatable bonds is 7. The lowest BCUT2D eigenvalue weighted by Gasteiger charge is -2.27. The molecule has 1 amide bonds. The van der Waals surface area contributed by atoms with Crippen molar-refractivity contribution in [2.24, 2.45) is 5.92 Å². The molecule has 1 atom stereocenters. The van der Waals surface area contributed by atoms with Crippen LogP contribution in [0.15, 0.2) is 30.3 Å². The van der Waals surface area contributed by atoms with Crippen molar-refractivity contribution in [3.63, 3.8) is 0 Å². The molecule has 0 aliphatic heterocycles. The van der Waals surface area contributed by atoms with Gasteiger partial charge in [-0.1, -0.05) is 62.4 Å². The Morgan fingerprint density at radius 1 is 1.19 bits per heavy atom. The van der Waals surface area contributed by atoms with Gasteiger partial charge in [-0.15, -0.1) is 0 Å². The molecule has 2 rings (SSSR count). The Kier molecular flexibility index (Phi) is 6.74. The molecule has 3 nitrogen and oxygen atoms in total. The third-order valence-electron chi connectivity index (χ3n) is 4.43. The minimum Gasteiger partial charge on any atom is -0.349 e. The van der Waals surface area contributed by atoms with Gasteiger partial charge in [-0.05, 0) is 24.9 Å². The van der Waals surface area contributed by atoms with E-state index in [1.807, 2.05) is 13.1 Å². The molecule has 0 spiro atoms. The molecular formula is C18H28N2O. The zero-order valence-electron chi connectivity index (χ0n) is 13.1. The van der Waals surface area contributed by atoms with E-state index in [0.29, 0.717) is 6.42 Å². The molecule has 0 aromatic heterocycles. The third kappa shape index (κ3) is 5.50. The van der Waals surface area contributed by atoms with Gasteiger partial charge in [-0.25, -0.2) is 0 Å². The fourth-order valence-corrected chi connectivity index (χ4v) is 3.22. The smallest absolute Gasteiger partial charge is 0.221 e. The van der Waals surface area contributed by atoms with E-state index in [1.165, 1.54) is 37.7 Å². The molecule has 1 aliphatic carbocycles. The molecule has 116 valence electrons. The topological polar surface area (TPSA) is 41.1 Å². The van der Waals surface area contributed by atoms with E-state index in [4.69, 9.17) is 0 Å². The van der Waals surface area contributed by atoms with Gasteiger partial charge in [0.15, 0.2) is 0 Å². The van der Waals surface area contributed by atoms with E-state index in [9.17, 15) is 4.79 Å². The number of amides is 1. The highest BCUT2D eigenvalue weighted by atomic mass is 16.1. The molecule has 0 bridgehead atoms. The second kappa shape index (κ2) is 8.83. The molecular weight excluding hydrogens is 260 g/mol. The lowest BCUT2D eigenvalue weighted by atomic mass is 9.83. The first-order valence-corrected chi connectivity index (χ1v) is 8.28. The zero-order valence-corrected chi connectivity index (χ0v) is 13.1. The first-order chi connectivity index (χ1) is 10.3. The summed E-state index contributed by atoms with van der Waals surface area (Å²) in [5, 5.41) is 6.27. The average Bonchev–Trinajstić information content (AvgIpc) is 2.54. The number of nitrogens with one attached hydrogen (secondary N) is 2. The Morgan fingerprint density at radius 2 is 1.90 bits per heavy atom. The summed E-state index contributed by atoms with van der Waals surface area (Å²) < 4.78 is 0. The zero-order chi connectivity index (χ0) is 14.9. The van der Waals surface area contributed by atoms with Crippen molar-refractivity contribution >= 4 is 5.91 Å².